The zero-order chi connectivity index (χ0) is 13.0. The van der Waals surface area contributed by atoms with Gasteiger partial charge < -0.3 is 5.32 Å². The van der Waals surface area contributed by atoms with Gasteiger partial charge in [0, 0.05) is 25.0 Å². The van der Waals surface area contributed by atoms with Crippen LogP contribution in [0.2, 0.25) is 0 Å². The highest BCUT2D eigenvalue weighted by Crippen LogP contribution is 2.14. The average Bonchev–Trinajstić information content (AvgIpc) is 2.38. The quantitative estimate of drug-likeness (QED) is 0.891. The summed E-state index contributed by atoms with van der Waals surface area (Å²) in [6, 6.07) is 8.78. The van der Waals surface area contributed by atoms with Gasteiger partial charge >= 0.3 is 0 Å². The Hall–Kier alpha value is -1.74. The summed E-state index contributed by atoms with van der Waals surface area (Å²) in [7, 11) is 0. The van der Waals surface area contributed by atoms with E-state index in [0.717, 1.165) is 12.1 Å². The van der Waals surface area contributed by atoms with E-state index in [1.54, 1.807) is 6.20 Å². The van der Waals surface area contributed by atoms with Gasteiger partial charge in [0.15, 0.2) is 0 Å². The molecule has 0 aliphatic rings. The maximum Gasteiger partial charge on any atom is 0.123 e. The number of aryl methyl sites for hydroxylation is 1. The monoisotopic (exact) mass is 244 g/mol. The van der Waals surface area contributed by atoms with Gasteiger partial charge in [-0.15, -0.1) is 0 Å². The molecular weight excluding hydrogens is 227 g/mol. The van der Waals surface area contributed by atoms with Crippen molar-refractivity contribution in [3.05, 3.63) is 65.2 Å². The summed E-state index contributed by atoms with van der Waals surface area (Å²) in [5.41, 5.74) is 3.49. The summed E-state index contributed by atoms with van der Waals surface area (Å²) < 4.78 is 12.8. The number of rotatable bonds is 4. The number of nitrogens with zero attached hydrogens (tertiary/aromatic N) is 1. The van der Waals surface area contributed by atoms with Crippen LogP contribution in [0.15, 0.2) is 42.7 Å². The fourth-order valence-electron chi connectivity index (χ4n) is 1.81. The molecule has 1 atom stereocenters. The third-order valence-corrected chi connectivity index (χ3v) is 3.12. The van der Waals surface area contributed by atoms with Crippen LogP contribution in [-0.4, -0.2) is 4.98 Å². The summed E-state index contributed by atoms with van der Waals surface area (Å²) >= 11 is 0. The molecule has 0 saturated heterocycles. The van der Waals surface area contributed by atoms with E-state index in [2.05, 4.69) is 24.1 Å². The molecule has 0 aliphatic carbocycles. The third-order valence-electron chi connectivity index (χ3n) is 3.12. The Morgan fingerprint density at radius 2 is 1.94 bits per heavy atom. The molecule has 1 N–H and O–H groups in total. The minimum Gasteiger partial charge on any atom is -0.306 e. The Kier molecular flexibility index (Phi) is 4.05. The first-order valence-corrected chi connectivity index (χ1v) is 6.05. The van der Waals surface area contributed by atoms with Crippen LogP contribution in [0, 0.1) is 12.7 Å². The number of halogens is 1. The number of nitrogens with one attached hydrogen (secondary N) is 1. The molecule has 1 heterocycles. The lowest BCUT2D eigenvalue weighted by atomic mass is 10.1. The van der Waals surface area contributed by atoms with Gasteiger partial charge in [0.25, 0.3) is 0 Å². The summed E-state index contributed by atoms with van der Waals surface area (Å²) in [5, 5.41) is 3.41. The number of hydrogen-bond donors (Lipinski definition) is 1. The lowest BCUT2D eigenvalue weighted by Crippen LogP contribution is -2.18. The molecular formula is C15H17FN2. The normalized spacial score (nSPS) is 12.4. The second kappa shape index (κ2) is 5.74. The standard InChI is InChI=1S/C15H17FN2/c1-11-7-8-17-9-14(11)10-18-12(2)13-3-5-15(16)6-4-13/h3-9,12,18H,10H2,1-2H3/t12-/m0/s1. The highest BCUT2D eigenvalue weighted by Gasteiger charge is 2.05. The Morgan fingerprint density at radius 1 is 1.22 bits per heavy atom. The molecule has 0 amide bonds. The molecule has 3 heteroatoms. The van der Waals surface area contributed by atoms with E-state index in [1.165, 1.54) is 23.3 Å². The smallest absolute Gasteiger partial charge is 0.123 e. The molecule has 0 bridgehead atoms. The topological polar surface area (TPSA) is 24.9 Å². The maximum atomic E-state index is 12.8. The Labute approximate surface area is 107 Å². The molecule has 0 spiro atoms. The zero-order valence-electron chi connectivity index (χ0n) is 10.7. The molecule has 2 aromatic rings. The fraction of sp³-hybridized carbons (Fsp3) is 0.267. The molecule has 2 nitrogen and oxygen atoms in total. The minimum absolute atomic E-state index is 0.185. The molecule has 94 valence electrons. The fourth-order valence-corrected chi connectivity index (χ4v) is 1.81. The molecule has 0 saturated carbocycles. The summed E-state index contributed by atoms with van der Waals surface area (Å²) in [6.07, 6.45) is 3.67. The van der Waals surface area contributed by atoms with Crippen molar-refractivity contribution in [2.75, 3.05) is 0 Å². The van der Waals surface area contributed by atoms with Crippen LogP contribution in [0.25, 0.3) is 0 Å². The lowest BCUT2D eigenvalue weighted by molar-refractivity contribution is 0.569. The molecule has 2 rings (SSSR count). The predicted molar refractivity (Wildman–Crippen MR) is 70.6 cm³/mol. The van der Waals surface area contributed by atoms with Crippen molar-refractivity contribution in [2.45, 2.75) is 26.4 Å². The van der Waals surface area contributed by atoms with Crippen molar-refractivity contribution in [2.24, 2.45) is 0 Å². The zero-order valence-corrected chi connectivity index (χ0v) is 10.7. The molecule has 1 aromatic carbocycles. The van der Waals surface area contributed by atoms with Crippen LogP contribution in [0.3, 0.4) is 0 Å². The summed E-state index contributed by atoms with van der Waals surface area (Å²) in [4.78, 5) is 4.12. The van der Waals surface area contributed by atoms with Crippen LogP contribution in [0.5, 0.6) is 0 Å². The first-order chi connectivity index (χ1) is 8.66. The molecule has 0 aliphatic heterocycles. The van der Waals surface area contributed by atoms with E-state index in [1.807, 2.05) is 24.4 Å². The van der Waals surface area contributed by atoms with E-state index in [0.29, 0.717) is 0 Å². The van der Waals surface area contributed by atoms with E-state index in [9.17, 15) is 4.39 Å². The number of aromatic nitrogens is 1. The maximum absolute atomic E-state index is 12.8. The van der Waals surface area contributed by atoms with E-state index in [4.69, 9.17) is 0 Å². The Bertz CT molecular complexity index is 508. The first kappa shape index (κ1) is 12.7. The minimum atomic E-state index is -0.200. The van der Waals surface area contributed by atoms with Crippen LogP contribution < -0.4 is 5.32 Å². The van der Waals surface area contributed by atoms with Crippen molar-refractivity contribution in [1.82, 2.24) is 10.3 Å². The number of hydrogen-bond acceptors (Lipinski definition) is 2. The summed E-state index contributed by atoms with van der Waals surface area (Å²) in [6.45, 7) is 4.90. The van der Waals surface area contributed by atoms with Gasteiger partial charge in [-0.1, -0.05) is 12.1 Å². The summed E-state index contributed by atoms with van der Waals surface area (Å²) in [5.74, 6) is -0.200. The Morgan fingerprint density at radius 3 is 2.61 bits per heavy atom. The second-order valence-electron chi connectivity index (χ2n) is 4.46. The van der Waals surface area contributed by atoms with Gasteiger partial charge in [-0.25, -0.2) is 4.39 Å². The van der Waals surface area contributed by atoms with Crippen LogP contribution >= 0.6 is 0 Å². The lowest BCUT2D eigenvalue weighted by Gasteiger charge is -2.15. The van der Waals surface area contributed by atoms with Gasteiger partial charge in [0.2, 0.25) is 0 Å². The van der Waals surface area contributed by atoms with Crippen LogP contribution in [0.1, 0.15) is 29.7 Å². The van der Waals surface area contributed by atoms with Gasteiger partial charge in [0.1, 0.15) is 5.82 Å². The van der Waals surface area contributed by atoms with Crippen LogP contribution in [-0.2, 0) is 6.54 Å². The third kappa shape index (κ3) is 3.14. The van der Waals surface area contributed by atoms with Gasteiger partial charge in [0.05, 0.1) is 0 Å². The van der Waals surface area contributed by atoms with Crippen molar-refractivity contribution >= 4 is 0 Å². The molecule has 18 heavy (non-hydrogen) atoms. The first-order valence-electron chi connectivity index (χ1n) is 6.05. The van der Waals surface area contributed by atoms with Crippen molar-refractivity contribution in [1.29, 1.82) is 0 Å². The van der Waals surface area contributed by atoms with E-state index in [-0.39, 0.29) is 11.9 Å². The second-order valence-corrected chi connectivity index (χ2v) is 4.46. The molecule has 0 radical (unpaired) electrons. The molecule has 0 unspecified atom stereocenters. The number of benzene rings is 1. The van der Waals surface area contributed by atoms with Gasteiger partial charge in [-0.3, -0.25) is 4.98 Å². The SMILES string of the molecule is Cc1ccncc1CN[C@@H](C)c1ccc(F)cc1. The predicted octanol–water partition coefficient (Wildman–Crippen LogP) is 3.38. The van der Waals surface area contributed by atoms with Gasteiger partial charge in [-0.2, -0.15) is 0 Å². The largest absolute Gasteiger partial charge is 0.306 e. The van der Waals surface area contributed by atoms with E-state index >= 15 is 0 Å². The molecule has 0 fully saturated rings. The van der Waals surface area contributed by atoms with Crippen molar-refractivity contribution < 1.29 is 4.39 Å². The van der Waals surface area contributed by atoms with Crippen molar-refractivity contribution in [3.63, 3.8) is 0 Å². The highest BCUT2D eigenvalue weighted by atomic mass is 19.1. The van der Waals surface area contributed by atoms with E-state index < -0.39 is 0 Å². The Balaban J connectivity index is 1.98. The molecule has 1 aromatic heterocycles. The van der Waals surface area contributed by atoms with Gasteiger partial charge in [-0.05, 0) is 48.7 Å². The number of pyridine rings is 1. The van der Waals surface area contributed by atoms with Crippen LogP contribution in [0.4, 0.5) is 4.39 Å². The van der Waals surface area contributed by atoms with Crippen molar-refractivity contribution in [3.8, 4) is 0 Å². The highest BCUT2D eigenvalue weighted by molar-refractivity contribution is 5.23. The average molecular weight is 244 g/mol.